The fraction of sp³-hybridized carbons (Fsp3) is 0.391. The molecule has 1 aliphatic rings. The van der Waals surface area contributed by atoms with Gasteiger partial charge in [0.25, 0.3) is 5.91 Å². The summed E-state index contributed by atoms with van der Waals surface area (Å²) in [6, 6.07) is 15.8. The summed E-state index contributed by atoms with van der Waals surface area (Å²) in [5.74, 6) is -0.00422. The molecule has 2 aromatic rings. The number of hydrogen-bond donors (Lipinski definition) is 1. The Bertz CT molecular complexity index is 801. The largest absolute Gasteiger partial charge is 0.345 e. The van der Waals surface area contributed by atoms with E-state index < -0.39 is 0 Å². The SMILES string of the molecule is CCCCCC(NC(=O)c1ccc2c(c1)CCN2C(C)=O)c1ccccc1. The average Bonchev–Trinajstić information content (AvgIpc) is 3.11. The molecule has 1 unspecified atom stereocenters. The average molecular weight is 364 g/mol. The number of hydrogen-bond acceptors (Lipinski definition) is 2. The first-order valence-electron chi connectivity index (χ1n) is 9.87. The van der Waals surface area contributed by atoms with Crippen LogP contribution in [0, 0.1) is 0 Å². The van der Waals surface area contributed by atoms with Crippen LogP contribution in [0.25, 0.3) is 0 Å². The van der Waals surface area contributed by atoms with Gasteiger partial charge in [0, 0.05) is 24.7 Å². The fourth-order valence-corrected chi connectivity index (χ4v) is 3.72. The lowest BCUT2D eigenvalue weighted by Crippen LogP contribution is -2.28. The zero-order valence-corrected chi connectivity index (χ0v) is 16.2. The van der Waals surface area contributed by atoms with Crippen molar-refractivity contribution >= 4 is 17.5 Å². The maximum absolute atomic E-state index is 12.9. The van der Waals surface area contributed by atoms with Gasteiger partial charge in [0.05, 0.1) is 6.04 Å². The molecule has 27 heavy (non-hydrogen) atoms. The van der Waals surface area contributed by atoms with E-state index in [0.717, 1.165) is 42.5 Å². The van der Waals surface area contributed by atoms with Crippen molar-refractivity contribution in [3.8, 4) is 0 Å². The highest BCUT2D eigenvalue weighted by Gasteiger charge is 2.23. The Morgan fingerprint density at radius 3 is 2.59 bits per heavy atom. The van der Waals surface area contributed by atoms with Crippen LogP contribution in [0.5, 0.6) is 0 Å². The lowest BCUT2D eigenvalue weighted by Gasteiger charge is -2.20. The standard InChI is InChI=1S/C23H28N2O2/c1-3-4-6-11-21(18-9-7-5-8-10-18)24-23(27)20-12-13-22-19(16-20)14-15-25(22)17(2)26/h5,7-10,12-13,16,21H,3-4,6,11,14-15H2,1-2H3,(H,24,27). The van der Waals surface area contributed by atoms with Crippen molar-refractivity contribution in [2.75, 3.05) is 11.4 Å². The number of fused-ring (bicyclic) bond motifs is 1. The van der Waals surface area contributed by atoms with Crippen LogP contribution >= 0.6 is 0 Å². The van der Waals surface area contributed by atoms with Crippen LogP contribution in [0.1, 0.15) is 67.1 Å². The molecule has 142 valence electrons. The Morgan fingerprint density at radius 1 is 1.11 bits per heavy atom. The predicted octanol–water partition coefficient (Wildman–Crippen LogP) is 4.65. The second-order valence-electron chi connectivity index (χ2n) is 7.20. The quantitative estimate of drug-likeness (QED) is 0.727. The number of unbranched alkanes of at least 4 members (excludes halogenated alkanes) is 2. The van der Waals surface area contributed by atoms with E-state index in [1.165, 1.54) is 6.42 Å². The third-order valence-corrected chi connectivity index (χ3v) is 5.22. The normalized spacial score (nSPS) is 13.9. The number of carbonyl (C=O) groups is 2. The number of rotatable bonds is 7. The summed E-state index contributed by atoms with van der Waals surface area (Å²) in [5.41, 5.74) is 3.81. The molecule has 0 saturated heterocycles. The minimum Gasteiger partial charge on any atom is -0.345 e. The molecule has 3 rings (SSSR count). The highest BCUT2D eigenvalue weighted by atomic mass is 16.2. The van der Waals surface area contributed by atoms with Crippen molar-refractivity contribution < 1.29 is 9.59 Å². The van der Waals surface area contributed by atoms with Crippen LogP contribution in [0.2, 0.25) is 0 Å². The van der Waals surface area contributed by atoms with Gasteiger partial charge in [0.1, 0.15) is 0 Å². The smallest absolute Gasteiger partial charge is 0.251 e. The summed E-state index contributed by atoms with van der Waals surface area (Å²) in [6.45, 7) is 4.46. The van der Waals surface area contributed by atoms with Gasteiger partial charge in [0.15, 0.2) is 0 Å². The third kappa shape index (κ3) is 4.57. The number of anilines is 1. The first kappa shape index (κ1) is 19.2. The maximum atomic E-state index is 12.9. The summed E-state index contributed by atoms with van der Waals surface area (Å²) in [7, 11) is 0. The monoisotopic (exact) mass is 364 g/mol. The van der Waals surface area contributed by atoms with E-state index in [-0.39, 0.29) is 17.9 Å². The molecule has 4 nitrogen and oxygen atoms in total. The molecule has 0 saturated carbocycles. The van der Waals surface area contributed by atoms with Crippen LogP contribution < -0.4 is 10.2 Å². The Morgan fingerprint density at radius 2 is 1.89 bits per heavy atom. The van der Waals surface area contributed by atoms with E-state index in [9.17, 15) is 9.59 Å². The number of nitrogens with one attached hydrogen (secondary N) is 1. The molecule has 0 fully saturated rings. The van der Waals surface area contributed by atoms with Crippen molar-refractivity contribution in [2.45, 2.75) is 52.0 Å². The lowest BCUT2D eigenvalue weighted by atomic mass is 9.99. The summed E-state index contributed by atoms with van der Waals surface area (Å²) in [5, 5.41) is 3.21. The fourth-order valence-electron chi connectivity index (χ4n) is 3.72. The molecule has 2 aromatic carbocycles. The Labute approximate surface area is 161 Å². The Balaban J connectivity index is 1.75. The minimum atomic E-state index is -0.0515. The summed E-state index contributed by atoms with van der Waals surface area (Å²) < 4.78 is 0. The van der Waals surface area contributed by atoms with Crippen molar-refractivity contribution in [3.63, 3.8) is 0 Å². The van der Waals surface area contributed by atoms with Gasteiger partial charge in [-0.05, 0) is 42.2 Å². The predicted molar refractivity (Wildman–Crippen MR) is 109 cm³/mol. The number of nitrogens with zero attached hydrogens (tertiary/aromatic N) is 1. The van der Waals surface area contributed by atoms with E-state index in [1.54, 1.807) is 11.8 Å². The first-order valence-corrected chi connectivity index (χ1v) is 9.87. The second kappa shape index (κ2) is 8.85. The van der Waals surface area contributed by atoms with Crippen LogP contribution in [0.3, 0.4) is 0 Å². The van der Waals surface area contributed by atoms with Gasteiger partial charge in [-0.25, -0.2) is 0 Å². The van der Waals surface area contributed by atoms with Crippen molar-refractivity contribution in [1.82, 2.24) is 5.32 Å². The highest BCUT2D eigenvalue weighted by molar-refractivity contribution is 5.98. The van der Waals surface area contributed by atoms with Gasteiger partial charge in [-0.1, -0.05) is 56.5 Å². The topological polar surface area (TPSA) is 49.4 Å². The summed E-state index contributed by atoms with van der Waals surface area (Å²) in [4.78, 5) is 26.4. The van der Waals surface area contributed by atoms with Gasteiger partial charge in [-0.15, -0.1) is 0 Å². The first-order chi connectivity index (χ1) is 13.1. The van der Waals surface area contributed by atoms with E-state index in [2.05, 4.69) is 24.4 Å². The van der Waals surface area contributed by atoms with E-state index in [4.69, 9.17) is 0 Å². The minimum absolute atomic E-state index is 0.0206. The van der Waals surface area contributed by atoms with Gasteiger partial charge in [0.2, 0.25) is 5.91 Å². The molecule has 1 heterocycles. The van der Waals surface area contributed by atoms with Crippen LogP contribution in [-0.4, -0.2) is 18.4 Å². The van der Waals surface area contributed by atoms with Gasteiger partial charge in [-0.2, -0.15) is 0 Å². The number of benzene rings is 2. The molecule has 4 heteroatoms. The Hall–Kier alpha value is -2.62. The van der Waals surface area contributed by atoms with Crippen molar-refractivity contribution in [1.29, 1.82) is 0 Å². The molecule has 0 bridgehead atoms. The van der Waals surface area contributed by atoms with Crippen LogP contribution in [0.4, 0.5) is 5.69 Å². The zero-order valence-electron chi connectivity index (χ0n) is 16.2. The van der Waals surface area contributed by atoms with Gasteiger partial charge < -0.3 is 10.2 Å². The van der Waals surface area contributed by atoms with E-state index in [0.29, 0.717) is 12.1 Å². The second-order valence-corrected chi connectivity index (χ2v) is 7.20. The van der Waals surface area contributed by atoms with Crippen molar-refractivity contribution in [3.05, 3.63) is 65.2 Å². The molecular weight excluding hydrogens is 336 g/mol. The molecule has 1 N–H and O–H groups in total. The third-order valence-electron chi connectivity index (χ3n) is 5.22. The molecule has 1 atom stereocenters. The molecule has 0 radical (unpaired) electrons. The lowest BCUT2D eigenvalue weighted by molar-refractivity contribution is -0.116. The van der Waals surface area contributed by atoms with Gasteiger partial charge in [-0.3, -0.25) is 9.59 Å². The zero-order chi connectivity index (χ0) is 19.2. The molecular formula is C23H28N2O2. The molecule has 0 aliphatic carbocycles. The highest BCUT2D eigenvalue weighted by Crippen LogP contribution is 2.29. The number of carbonyl (C=O) groups excluding carboxylic acids is 2. The molecule has 0 spiro atoms. The van der Waals surface area contributed by atoms with E-state index in [1.807, 2.05) is 36.4 Å². The molecule has 1 aliphatic heterocycles. The van der Waals surface area contributed by atoms with Gasteiger partial charge >= 0.3 is 0 Å². The Kier molecular flexibility index (Phi) is 6.28. The van der Waals surface area contributed by atoms with Crippen LogP contribution in [0.15, 0.2) is 48.5 Å². The number of amides is 2. The summed E-state index contributed by atoms with van der Waals surface area (Å²) in [6.07, 6.45) is 5.15. The van der Waals surface area contributed by atoms with E-state index >= 15 is 0 Å². The molecule has 2 amide bonds. The maximum Gasteiger partial charge on any atom is 0.251 e. The van der Waals surface area contributed by atoms with Crippen molar-refractivity contribution in [2.24, 2.45) is 0 Å². The summed E-state index contributed by atoms with van der Waals surface area (Å²) >= 11 is 0. The van der Waals surface area contributed by atoms with Crippen LogP contribution in [-0.2, 0) is 11.2 Å². The molecule has 0 aromatic heterocycles.